The van der Waals surface area contributed by atoms with Crippen LogP contribution in [-0.4, -0.2) is 33.0 Å². The first kappa shape index (κ1) is 15.9. The van der Waals surface area contributed by atoms with Crippen molar-refractivity contribution in [1.82, 2.24) is 9.88 Å². The Balaban J connectivity index is 2.44. The highest BCUT2D eigenvalue weighted by Crippen LogP contribution is 2.27. The van der Waals surface area contributed by atoms with Crippen molar-refractivity contribution in [3.05, 3.63) is 40.5 Å². The van der Waals surface area contributed by atoms with Crippen molar-refractivity contribution in [3.8, 4) is 0 Å². The van der Waals surface area contributed by atoms with Gasteiger partial charge >= 0.3 is 5.97 Å². The van der Waals surface area contributed by atoms with Crippen LogP contribution in [0.25, 0.3) is 10.9 Å². The van der Waals surface area contributed by atoms with Crippen LogP contribution in [0.4, 0.5) is 0 Å². The molecule has 0 saturated heterocycles. The molecule has 0 fully saturated rings. The first-order chi connectivity index (χ1) is 9.87. The molecule has 0 spiro atoms. The SMILES string of the molecule is CCN(Cc1ccc(Br)c2cccnc12)C(C)(C)C(=O)O. The number of hydrogen-bond acceptors (Lipinski definition) is 3. The third-order valence-electron chi connectivity index (χ3n) is 3.86. The zero-order valence-electron chi connectivity index (χ0n) is 12.4. The molecular weight excluding hydrogens is 332 g/mol. The second-order valence-electron chi connectivity index (χ2n) is 5.48. The van der Waals surface area contributed by atoms with E-state index in [0.717, 1.165) is 20.9 Å². The first-order valence-corrected chi connectivity index (χ1v) is 7.67. The Morgan fingerprint density at radius 3 is 2.71 bits per heavy atom. The minimum atomic E-state index is -0.914. The van der Waals surface area contributed by atoms with Crippen molar-refractivity contribution >= 4 is 32.8 Å². The summed E-state index contributed by atoms with van der Waals surface area (Å²) >= 11 is 3.53. The topological polar surface area (TPSA) is 53.4 Å². The number of aromatic nitrogens is 1. The minimum Gasteiger partial charge on any atom is -0.480 e. The maximum Gasteiger partial charge on any atom is 0.323 e. The number of likely N-dealkylation sites (N-methyl/N-ethyl adjacent to an activating group) is 1. The van der Waals surface area contributed by atoms with Gasteiger partial charge in [0, 0.05) is 22.6 Å². The highest BCUT2D eigenvalue weighted by atomic mass is 79.9. The number of aliphatic carboxylic acids is 1. The molecule has 2 aromatic rings. The third kappa shape index (κ3) is 3.09. The molecule has 1 heterocycles. The van der Waals surface area contributed by atoms with E-state index >= 15 is 0 Å². The van der Waals surface area contributed by atoms with Crippen LogP contribution in [-0.2, 0) is 11.3 Å². The van der Waals surface area contributed by atoms with E-state index in [1.54, 1.807) is 20.0 Å². The molecule has 0 aliphatic rings. The molecule has 0 amide bonds. The number of fused-ring (bicyclic) bond motifs is 1. The van der Waals surface area contributed by atoms with Crippen molar-refractivity contribution in [2.24, 2.45) is 0 Å². The number of rotatable bonds is 5. The van der Waals surface area contributed by atoms with E-state index in [9.17, 15) is 9.90 Å². The molecule has 0 unspecified atom stereocenters. The number of carboxylic acid groups (broad SMARTS) is 1. The van der Waals surface area contributed by atoms with Crippen LogP contribution in [0.2, 0.25) is 0 Å². The van der Waals surface area contributed by atoms with Gasteiger partial charge in [0.1, 0.15) is 5.54 Å². The molecule has 4 nitrogen and oxygen atoms in total. The Kier molecular flexibility index (Phi) is 4.64. The lowest BCUT2D eigenvalue weighted by Gasteiger charge is -2.34. The molecule has 5 heteroatoms. The predicted molar refractivity (Wildman–Crippen MR) is 87.2 cm³/mol. The van der Waals surface area contributed by atoms with Gasteiger partial charge in [-0.2, -0.15) is 0 Å². The maximum atomic E-state index is 11.5. The standard InChI is InChI=1S/C16H19BrN2O2/c1-4-19(16(2,3)15(20)21)10-11-7-8-13(17)12-6-5-9-18-14(11)12/h5-9H,4,10H2,1-3H3,(H,20,21). The summed E-state index contributed by atoms with van der Waals surface area (Å²) in [5, 5.41) is 10.5. The highest BCUT2D eigenvalue weighted by molar-refractivity contribution is 9.10. The molecule has 21 heavy (non-hydrogen) atoms. The van der Waals surface area contributed by atoms with Gasteiger partial charge < -0.3 is 5.11 Å². The molecule has 0 aliphatic heterocycles. The summed E-state index contributed by atoms with van der Waals surface area (Å²) in [6.07, 6.45) is 1.76. The fourth-order valence-electron chi connectivity index (χ4n) is 2.37. The normalized spacial score (nSPS) is 12.0. The van der Waals surface area contributed by atoms with Crippen LogP contribution in [0.1, 0.15) is 26.3 Å². The predicted octanol–water partition coefficient (Wildman–Crippen LogP) is 3.68. The Labute approximate surface area is 132 Å². The summed E-state index contributed by atoms with van der Waals surface area (Å²) in [6.45, 7) is 6.64. The summed E-state index contributed by atoms with van der Waals surface area (Å²) in [5.74, 6) is -0.821. The monoisotopic (exact) mass is 350 g/mol. The molecule has 1 aromatic carbocycles. The summed E-state index contributed by atoms with van der Waals surface area (Å²) in [6, 6.07) is 7.89. The van der Waals surface area contributed by atoms with Crippen LogP contribution in [0.15, 0.2) is 34.9 Å². The van der Waals surface area contributed by atoms with Gasteiger partial charge in [0.05, 0.1) is 5.52 Å². The molecule has 2 rings (SSSR count). The van der Waals surface area contributed by atoms with Crippen molar-refractivity contribution in [3.63, 3.8) is 0 Å². The van der Waals surface area contributed by atoms with Gasteiger partial charge in [-0.1, -0.05) is 35.0 Å². The van der Waals surface area contributed by atoms with Gasteiger partial charge in [0.15, 0.2) is 0 Å². The molecule has 112 valence electrons. The van der Waals surface area contributed by atoms with E-state index in [4.69, 9.17) is 0 Å². The quantitative estimate of drug-likeness (QED) is 0.893. The Bertz CT molecular complexity index is 670. The lowest BCUT2D eigenvalue weighted by molar-refractivity contribution is -0.149. The van der Waals surface area contributed by atoms with E-state index in [0.29, 0.717) is 13.1 Å². The first-order valence-electron chi connectivity index (χ1n) is 6.88. The van der Waals surface area contributed by atoms with Crippen LogP contribution < -0.4 is 0 Å². The van der Waals surface area contributed by atoms with Crippen molar-refractivity contribution < 1.29 is 9.90 Å². The minimum absolute atomic E-state index is 0.552. The van der Waals surface area contributed by atoms with Crippen LogP contribution >= 0.6 is 15.9 Å². The summed E-state index contributed by atoms with van der Waals surface area (Å²) in [4.78, 5) is 17.9. The van der Waals surface area contributed by atoms with E-state index in [1.165, 1.54) is 0 Å². The van der Waals surface area contributed by atoms with Gasteiger partial charge in [-0.3, -0.25) is 14.7 Å². The summed E-state index contributed by atoms with van der Waals surface area (Å²) in [7, 11) is 0. The Morgan fingerprint density at radius 2 is 2.10 bits per heavy atom. The van der Waals surface area contributed by atoms with Gasteiger partial charge in [0.2, 0.25) is 0 Å². The van der Waals surface area contributed by atoms with Crippen LogP contribution in [0.3, 0.4) is 0 Å². The number of pyridine rings is 1. The average Bonchev–Trinajstić information content (AvgIpc) is 2.46. The van der Waals surface area contributed by atoms with E-state index in [2.05, 4.69) is 20.9 Å². The molecule has 1 N–H and O–H groups in total. The lowest BCUT2D eigenvalue weighted by atomic mass is 10.0. The van der Waals surface area contributed by atoms with Gasteiger partial charge in [-0.05, 0) is 38.1 Å². The van der Waals surface area contributed by atoms with Crippen molar-refractivity contribution in [1.29, 1.82) is 0 Å². The number of nitrogens with zero attached hydrogens (tertiary/aromatic N) is 2. The van der Waals surface area contributed by atoms with Gasteiger partial charge in [-0.15, -0.1) is 0 Å². The second kappa shape index (κ2) is 6.12. The van der Waals surface area contributed by atoms with E-state index in [1.807, 2.05) is 36.1 Å². The number of halogens is 1. The Hall–Kier alpha value is -1.46. The molecule has 0 aliphatic carbocycles. The second-order valence-corrected chi connectivity index (χ2v) is 6.34. The largest absolute Gasteiger partial charge is 0.480 e. The fraction of sp³-hybridized carbons (Fsp3) is 0.375. The van der Waals surface area contributed by atoms with Crippen molar-refractivity contribution in [2.45, 2.75) is 32.9 Å². The van der Waals surface area contributed by atoms with Crippen LogP contribution in [0, 0.1) is 0 Å². The molecule has 0 saturated carbocycles. The van der Waals surface area contributed by atoms with E-state index in [-0.39, 0.29) is 0 Å². The number of carboxylic acids is 1. The third-order valence-corrected chi connectivity index (χ3v) is 4.55. The molecule has 0 radical (unpaired) electrons. The zero-order valence-corrected chi connectivity index (χ0v) is 14.0. The Morgan fingerprint density at radius 1 is 1.38 bits per heavy atom. The van der Waals surface area contributed by atoms with Crippen LogP contribution in [0.5, 0.6) is 0 Å². The van der Waals surface area contributed by atoms with Crippen molar-refractivity contribution in [2.75, 3.05) is 6.54 Å². The molecule has 0 atom stereocenters. The molecule has 0 bridgehead atoms. The lowest BCUT2D eigenvalue weighted by Crippen LogP contribution is -2.49. The number of benzene rings is 1. The smallest absolute Gasteiger partial charge is 0.323 e. The highest BCUT2D eigenvalue weighted by Gasteiger charge is 2.33. The van der Waals surface area contributed by atoms with Gasteiger partial charge in [-0.25, -0.2) is 0 Å². The van der Waals surface area contributed by atoms with E-state index < -0.39 is 11.5 Å². The zero-order chi connectivity index (χ0) is 15.6. The number of carbonyl (C=O) groups is 1. The van der Waals surface area contributed by atoms with Gasteiger partial charge in [0.25, 0.3) is 0 Å². The average molecular weight is 351 g/mol. The molecular formula is C16H19BrN2O2. The fourth-order valence-corrected chi connectivity index (χ4v) is 2.82. The summed E-state index contributed by atoms with van der Waals surface area (Å²) < 4.78 is 0.995. The molecule has 1 aromatic heterocycles. The summed E-state index contributed by atoms with van der Waals surface area (Å²) in [5.41, 5.74) is 1.03. The maximum absolute atomic E-state index is 11.5. The number of hydrogen-bond donors (Lipinski definition) is 1.